The summed E-state index contributed by atoms with van der Waals surface area (Å²) < 4.78 is 0. The molecule has 3 amide bonds. The van der Waals surface area contributed by atoms with E-state index in [2.05, 4.69) is 56.8 Å². The zero-order chi connectivity index (χ0) is 27.9. The number of nitrogens with one attached hydrogen (secondary N) is 2. The Morgan fingerprint density at radius 1 is 0.725 bits per heavy atom. The van der Waals surface area contributed by atoms with Crippen LogP contribution in [0.2, 0.25) is 10.0 Å². The van der Waals surface area contributed by atoms with Gasteiger partial charge in [-0.3, -0.25) is 14.6 Å². The largest absolute Gasteiger partial charge is 0.325 e. The van der Waals surface area contributed by atoms with Crippen molar-refractivity contribution in [2.75, 3.05) is 56.4 Å². The van der Waals surface area contributed by atoms with E-state index in [1.165, 1.54) is 11.1 Å². The molecule has 2 N–H and O–H groups in total. The second-order valence-electron chi connectivity index (χ2n) is 10.5. The first kappa shape index (κ1) is 28.4. The maximum absolute atomic E-state index is 12.7. The Balaban J connectivity index is 1.04. The lowest BCUT2D eigenvalue weighted by Crippen LogP contribution is -2.48. The highest BCUT2D eigenvalue weighted by molar-refractivity contribution is 6.39. The van der Waals surface area contributed by atoms with Crippen LogP contribution in [0.5, 0.6) is 0 Å². The summed E-state index contributed by atoms with van der Waals surface area (Å²) in [6.45, 7) is 6.36. The first-order chi connectivity index (χ1) is 19.4. The molecule has 2 aliphatic heterocycles. The number of piperidine rings is 1. The molecule has 3 aromatic rings. The number of carbonyl (C=O) groups is 2. The van der Waals surface area contributed by atoms with Crippen molar-refractivity contribution in [3.63, 3.8) is 0 Å². The van der Waals surface area contributed by atoms with Crippen LogP contribution in [0.4, 0.5) is 16.2 Å². The highest BCUT2D eigenvalue weighted by atomic mass is 35.5. The van der Waals surface area contributed by atoms with Crippen molar-refractivity contribution in [2.45, 2.75) is 25.3 Å². The maximum Gasteiger partial charge on any atom is 0.321 e. The highest BCUT2D eigenvalue weighted by Gasteiger charge is 2.25. The third-order valence-corrected chi connectivity index (χ3v) is 8.35. The van der Waals surface area contributed by atoms with E-state index in [4.69, 9.17) is 23.2 Å². The zero-order valence-electron chi connectivity index (χ0n) is 22.5. The number of benzene rings is 3. The fourth-order valence-electron chi connectivity index (χ4n) is 5.41. The molecular formula is C31H35Cl2N5O2. The van der Waals surface area contributed by atoms with Crippen LogP contribution in [-0.2, 0) is 11.3 Å². The number of para-hydroxylation sites is 1. The molecule has 2 saturated heterocycles. The summed E-state index contributed by atoms with van der Waals surface area (Å²) in [7, 11) is 0. The number of hydrogen-bond donors (Lipinski definition) is 2. The van der Waals surface area contributed by atoms with Gasteiger partial charge in [0.2, 0.25) is 5.91 Å². The van der Waals surface area contributed by atoms with Crippen molar-refractivity contribution < 1.29 is 9.59 Å². The summed E-state index contributed by atoms with van der Waals surface area (Å²) in [4.78, 5) is 31.9. The first-order valence-corrected chi connectivity index (χ1v) is 14.6. The molecule has 2 aliphatic rings. The fraction of sp³-hybridized carbons (Fsp3) is 0.355. The van der Waals surface area contributed by atoms with Gasteiger partial charge in [-0.05, 0) is 54.2 Å². The molecule has 7 nitrogen and oxygen atoms in total. The first-order valence-electron chi connectivity index (χ1n) is 13.8. The standard InChI is InChI=1S/C31H35Cl2N5O2/c32-27-7-4-8-28(33)30(27)35-31(40)38-15-13-25(14-16-38)24-9-11-26(12-10-24)34-29(39)22-37-19-17-36(18-20-37)21-23-5-2-1-3-6-23/h1-12,25H,13-22H2,(H,34,39)(H,35,40). The summed E-state index contributed by atoms with van der Waals surface area (Å²) in [5.74, 6) is 0.382. The van der Waals surface area contributed by atoms with Crippen molar-refractivity contribution in [1.29, 1.82) is 0 Å². The number of amides is 3. The second-order valence-corrected chi connectivity index (χ2v) is 11.3. The quantitative estimate of drug-likeness (QED) is 0.351. The Bertz CT molecular complexity index is 1270. The van der Waals surface area contributed by atoms with E-state index in [1.54, 1.807) is 23.1 Å². The lowest BCUT2D eigenvalue weighted by molar-refractivity contribution is -0.117. The Morgan fingerprint density at radius 3 is 2.00 bits per heavy atom. The molecule has 40 heavy (non-hydrogen) atoms. The van der Waals surface area contributed by atoms with Gasteiger partial charge in [0, 0.05) is 51.5 Å². The van der Waals surface area contributed by atoms with Gasteiger partial charge < -0.3 is 15.5 Å². The summed E-state index contributed by atoms with van der Waals surface area (Å²) in [6.07, 6.45) is 1.73. The topological polar surface area (TPSA) is 67.9 Å². The third kappa shape index (κ3) is 7.55. The number of urea groups is 1. The molecule has 210 valence electrons. The molecule has 0 unspecified atom stereocenters. The number of piperazine rings is 1. The van der Waals surface area contributed by atoms with E-state index < -0.39 is 0 Å². The van der Waals surface area contributed by atoms with Gasteiger partial charge in [-0.25, -0.2) is 4.79 Å². The molecule has 3 aromatic carbocycles. The number of likely N-dealkylation sites (tertiary alicyclic amines) is 1. The van der Waals surface area contributed by atoms with E-state index in [1.807, 2.05) is 18.2 Å². The number of rotatable bonds is 7. The van der Waals surface area contributed by atoms with Crippen LogP contribution in [0.15, 0.2) is 72.8 Å². The van der Waals surface area contributed by atoms with Gasteiger partial charge in [-0.2, -0.15) is 0 Å². The molecule has 0 radical (unpaired) electrons. The van der Waals surface area contributed by atoms with E-state index in [-0.39, 0.29) is 11.9 Å². The number of carbonyl (C=O) groups excluding carboxylic acids is 2. The summed E-state index contributed by atoms with van der Waals surface area (Å²) in [5.41, 5.74) is 3.81. The smallest absolute Gasteiger partial charge is 0.321 e. The minimum atomic E-state index is -0.191. The van der Waals surface area contributed by atoms with Crippen LogP contribution >= 0.6 is 23.2 Å². The lowest BCUT2D eigenvalue weighted by Gasteiger charge is -2.34. The Labute approximate surface area is 246 Å². The molecule has 0 atom stereocenters. The SMILES string of the molecule is O=C(CN1CCN(Cc2ccccc2)CC1)Nc1ccc(C2CCN(C(=O)Nc3c(Cl)cccc3Cl)CC2)cc1. The molecule has 0 saturated carbocycles. The fourth-order valence-corrected chi connectivity index (χ4v) is 5.90. The maximum atomic E-state index is 12.7. The lowest BCUT2D eigenvalue weighted by atomic mass is 9.89. The predicted octanol–water partition coefficient (Wildman–Crippen LogP) is 6.16. The van der Waals surface area contributed by atoms with E-state index in [0.717, 1.165) is 51.3 Å². The predicted molar refractivity (Wildman–Crippen MR) is 162 cm³/mol. The summed E-state index contributed by atoms with van der Waals surface area (Å²) in [5, 5.41) is 6.74. The molecule has 0 aromatic heterocycles. The van der Waals surface area contributed by atoms with E-state index in [9.17, 15) is 9.59 Å². The van der Waals surface area contributed by atoms with E-state index in [0.29, 0.717) is 41.3 Å². The summed E-state index contributed by atoms with van der Waals surface area (Å²) in [6, 6.07) is 23.6. The van der Waals surface area contributed by atoms with Crippen LogP contribution < -0.4 is 10.6 Å². The van der Waals surface area contributed by atoms with Gasteiger partial charge in [0.1, 0.15) is 0 Å². The molecule has 0 aliphatic carbocycles. The molecule has 0 spiro atoms. The average Bonchev–Trinajstić information content (AvgIpc) is 2.97. The van der Waals surface area contributed by atoms with Crippen LogP contribution in [-0.4, -0.2) is 72.5 Å². The number of hydrogen-bond acceptors (Lipinski definition) is 4. The highest BCUT2D eigenvalue weighted by Crippen LogP contribution is 2.32. The van der Waals surface area contributed by atoms with Gasteiger partial charge in [0.25, 0.3) is 0 Å². The number of halogens is 2. The average molecular weight is 581 g/mol. The van der Waals surface area contributed by atoms with Gasteiger partial charge in [0.05, 0.1) is 22.3 Å². The van der Waals surface area contributed by atoms with Gasteiger partial charge in [0.15, 0.2) is 0 Å². The van der Waals surface area contributed by atoms with Crippen LogP contribution in [0.1, 0.15) is 29.9 Å². The second kappa shape index (κ2) is 13.5. The van der Waals surface area contributed by atoms with Gasteiger partial charge >= 0.3 is 6.03 Å². The Hall–Kier alpha value is -3.10. The minimum absolute atomic E-state index is 0.0159. The molecule has 5 rings (SSSR count). The van der Waals surface area contributed by atoms with Gasteiger partial charge in [-0.1, -0.05) is 71.7 Å². The van der Waals surface area contributed by atoms with Crippen molar-refractivity contribution in [2.24, 2.45) is 0 Å². The molecule has 0 bridgehead atoms. The summed E-state index contributed by atoms with van der Waals surface area (Å²) >= 11 is 12.4. The van der Waals surface area contributed by atoms with Crippen molar-refractivity contribution >= 4 is 46.5 Å². The van der Waals surface area contributed by atoms with Crippen LogP contribution in [0.3, 0.4) is 0 Å². The van der Waals surface area contributed by atoms with Crippen LogP contribution in [0, 0.1) is 0 Å². The Morgan fingerprint density at radius 2 is 1.35 bits per heavy atom. The van der Waals surface area contributed by atoms with Crippen LogP contribution in [0.25, 0.3) is 0 Å². The van der Waals surface area contributed by atoms with Crippen molar-refractivity contribution in [1.82, 2.24) is 14.7 Å². The minimum Gasteiger partial charge on any atom is -0.325 e. The zero-order valence-corrected chi connectivity index (χ0v) is 24.0. The monoisotopic (exact) mass is 579 g/mol. The molecular weight excluding hydrogens is 545 g/mol. The van der Waals surface area contributed by atoms with Crippen molar-refractivity contribution in [3.8, 4) is 0 Å². The number of nitrogens with zero attached hydrogens (tertiary/aromatic N) is 3. The van der Waals surface area contributed by atoms with E-state index >= 15 is 0 Å². The molecule has 2 fully saturated rings. The number of anilines is 2. The molecule has 2 heterocycles. The van der Waals surface area contributed by atoms with Gasteiger partial charge in [-0.15, -0.1) is 0 Å². The third-order valence-electron chi connectivity index (χ3n) is 7.72. The Kier molecular flexibility index (Phi) is 9.60. The normalized spacial score (nSPS) is 17.0. The van der Waals surface area contributed by atoms with Crippen molar-refractivity contribution in [3.05, 3.63) is 94.0 Å². The molecule has 9 heteroatoms.